The Balaban J connectivity index is 1.32. The molecule has 1 aromatic heterocycles. The normalized spacial score (nSPS) is 11.3. The second-order valence-electron chi connectivity index (χ2n) is 9.82. The van der Waals surface area contributed by atoms with Crippen molar-refractivity contribution in [2.75, 3.05) is 17.2 Å². The third kappa shape index (κ3) is 7.21. The van der Waals surface area contributed by atoms with Gasteiger partial charge in [-0.25, -0.2) is 4.98 Å². The first-order chi connectivity index (χ1) is 20.7. The van der Waals surface area contributed by atoms with Gasteiger partial charge in [-0.15, -0.1) is 0 Å². The number of imidazole rings is 1. The minimum Gasteiger partial charge on any atom is -0.466 e. The maximum atomic E-state index is 13.1. The Kier molecular flexibility index (Phi) is 8.75. The van der Waals surface area contributed by atoms with Crippen molar-refractivity contribution in [1.82, 2.24) is 9.55 Å². The molecule has 2 N–H and O–H groups in total. The predicted molar refractivity (Wildman–Crippen MR) is 160 cm³/mol. The van der Waals surface area contributed by atoms with E-state index in [1.165, 1.54) is 12.1 Å². The number of carbonyl (C=O) groups excluding carboxylic acids is 2. The zero-order valence-corrected chi connectivity index (χ0v) is 23.3. The molecule has 0 aliphatic rings. The van der Waals surface area contributed by atoms with Crippen molar-refractivity contribution >= 4 is 39.7 Å². The van der Waals surface area contributed by atoms with Gasteiger partial charge in [-0.2, -0.15) is 13.2 Å². The van der Waals surface area contributed by atoms with Crippen LogP contribution in [0.2, 0.25) is 0 Å². The largest absolute Gasteiger partial charge is 0.466 e. The van der Waals surface area contributed by atoms with Gasteiger partial charge in [0.25, 0.3) is 0 Å². The second-order valence-corrected chi connectivity index (χ2v) is 9.82. The summed E-state index contributed by atoms with van der Waals surface area (Å²) in [4.78, 5) is 28.9. The second kappa shape index (κ2) is 12.8. The van der Waals surface area contributed by atoms with Crippen molar-refractivity contribution in [3.63, 3.8) is 0 Å². The van der Waals surface area contributed by atoms with Gasteiger partial charge in [-0.1, -0.05) is 48.5 Å². The molecule has 0 atom stereocenters. The van der Waals surface area contributed by atoms with Gasteiger partial charge in [0, 0.05) is 35.6 Å². The molecule has 4 aromatic carbocycles. The van der Waals surface area contributed by atoms with Gasteiger partial charge in [-0.05, 0) is 60.7 Å². The van der Waals surface area contributed by atoms with Crippen LogP contribution in [0.25, 0.3) is 16.5 Å². The summed E-state index contributed by atoms with van der Waals surface area (Å²) >= 11 is 0. The minimum absolute atomic E-state index is 0.194. The van der Waals surface area contributed by atoms with Crippen LogP contribution < -0.4 is 10.6 Å². The number of aryl methyl sites for hydroxylation is 2. The molecule has 10 heteroatoms. The molecule has 43 heavy (non-hydrogen) atoms. The monoisotopic (exact) mass is 586 g/mol. The Morgan fingerprint density at radius 3 is 2.49 bits per heavy atom. The molecule has 0 saturated carbocycles. The van der Waals surface area contributed by atoms with Gasteiger partial charge >= 0.3 is 12.1 Å². The van der Waals surface area contributed by atoms with Crippen LogP contribution in [0.1, 0.15) is 30.3 Å². The number of halogens is 3. The van der Waals surface area contributed by atoms with Crippen LogP contribution in [0.3, 0.4) is 0 Å². The highest BCUT2D eigenvalue weighted by Gasteiger charge is 2.30. The van der Waals surface area contributed by atoms with E-state index in [2.05, 4.69) is 15.6 Å². The number of fused-ring (bicyclic) bond motifs is 1. The van der Waals surface area contributed by atoms with Gasteiger partial charge in [0.05, 0.1) is 23.5 Å². The summed E-state index contributed by atoms with van der Waals surface area (Å²) in [5.74, 6) is -0.357. The number of hydrogen-bond acceptors (Lipinski definition) is 5. The smallest absolute Gasteiger partial charge is 0.416 e. The van der Waals surface area contributed by atoms with Crippen LogP contribution in [0.15, 0.2) is 97.3 Å². The van der Waals surface area contributed by atoms with Crippen molar-refractivity contribution in [3.8, 4) is 5.69 Å². The highest BCUT2D eigenvalue weighted by atomic mass is 19.4. The summed E-state index contributed by atoms with van der Waals surface area (Å²) < 4.78 is 46.1. The number of nitrogens with zero attached hydrogens (tertiary/aromatic N) is 2. The number of nitrogens with one attached hydrogen (secondary N) is 2. The van der Waals surface area contributed by atoms with E-state index in [-0.39, 0.29) is 6.61 Å². The number of aromatic nitrogens is 2. The topological polar surface area (TPSA) is 85.3 Å². The zero-order chi connectivity index (χ0) is 30.4. The zero-order valence-electron chi connectivity index (χ0n) is 23.3. The number of alkyl halides is 3. The number of anilines is 3. The van der Waals surface area contributed by atoms with E-state index < -0.39 is 30.0 Å². The Bertz CT molecular complexity index is 1750. The molecule has 5 rings (SSSR count). The lowest BCUT2D eigenvalue weighted by molar-refractivity contribution is -0.145. The summed E-state index contributed by atoms with van der Waals surface area (Å²) in [5.41, 5.74) is 2.71. The number of amides is 1. The van der Waals surface area contributed by atoms with E-state index in [9.17, 15) is 22.8 Å². The summed E-state index contributed by atoms with van der Waals surface area (Å²) in [7, 11) is 0. The molecular weight excluding hydrogens is 557 g/mol. The Morgan fingerprint density at radius 1 is 0.930 bits per heavy atom. The van der Waals surface area contributed by atoms with Gasteiger partial charge < -0.3 is 19.9 Å². The van der Waals surface area contributed by atoms with Gasteiger partial charge in [-0.3, -0.25) is 9.59 Å². The van der Waals surface area contributed by atoms with Crippen molar-refractivity contribution in [1.29, 1.82) is 0 Å². The first-order valence-electron chi connectivity index (χ1n) is 13.7. The summed E-state index contributed by atoms with van der Waals surface area (Å²) in [6.07, 6.45) is -0.440. The maximum absolute atomic E-state index is 13.1. The standard InChI is InChI=1S/C33H29F3N4O3/c1-2-43-31(42)21-30(41)39-32-27-9-4-3-7-23(27)11-16-28(32)38-25-12-14-26(15-13-25)40-19-18-37-29(40)17-10-22-6-5-8-24(20-22)33(34,35)36/h3-9,11-16,18-20,38H,2,10,17,21H2,1H3,(H,39,41). The lowest BCUT2D eigenvalue weighted by Crippen LogP contribution is -2.19. The number of rotatable bonds is 10. The molecule has 0 aliphatic carbocycles. The number of esters is 1. The lowest BCUT2D eigenvalue weighted by Gasteiger charge is -2.16. The highest BCUT2D eigenvalue weighted by Crippen LogP contribution is 2.34. The molecule has 1 heterocycles. The minimum atomic E-state index is -4.38. The Hall–Kier alpha value is -5.12. The molecule has 0 radical (unpaired) electrons. The van der Waals surface area contributed by atoms with Gasteiger partial charge in [0.2, 0.25) is 5.91 Å². The number of hydrogen-bond donors (Lipinski definition) is 2. The molecule has 5 aromatic rings. The fourth-order valence-electron chi connectivity index (χ4n) is 4.81. The quantitative estimate of drug-likeness (QED) is 0.131. The first-order valence-corrected chi connectivity index (χ1v) is 13.7. The molecule has 0 aliphatic heterocycles. The highest BCUT2D eigenvalue weighted by molar-refractivity contribution is 6.10. The summed E-state index contributed by atoms with van der Waals surface area (Å²) in [5, 5.41) is 7.95. The van der Waals surface area contributed by atoms with Gasteiger partial charge in [0.1, 0.15) is 12.2 Å². The third-order valence-electron chi connectivity index (χ3n) is 6.84. The first kappa shape index (κ1) is 29.4. The number of benzene rings is 4. The third-order valence-corrected chi connectivity index (χ3v) is 6.84. The maximum Gasteiger partial charge on any atom is 0.416 e. The molecule has 0 saturated heterocycles. The van der Waals surface area contributed by atoms with Crippen LogP contribution in [-0.4, -0.2) is 28.0 Å². The SMILES string of the molecule is CCOC(=O)CC(=O)Nc1c(Nc2ccc(-n3ccnc3CCc3cccc(C(F)(F)F)c3)cc2)ccc2ccccc12. The van der Waals surface area contributed by atoms with Crippen molar-refractivity contribution < 1.29 is 27.5 Å². The average Bonchev–Trinajstić information content (AvgIpc) is 3.46. The number of ether oxygens (including phenoxy) is 1. The van der Waals surface area contributed by atoms with Crippen LogP contribution in [-0.2, 0) is 33.3 Å². The fourth-order valence-corrected chi connectivity index (χ4v) is 4.81. The molecule has 0 fully saturated rings. The van der Waals surface area contributed by atoms with E-state index in [1.807, 2.05) is 71.4 Å². The van der Waals surface area contributed by atoms with Gasteiger partial charge in [0.15, 0.2) is 0 Å². The lowest BCUT2D eigenvalue weighted by atomic mass is 10.1. The van der Waals surface area contributed by atoms with E-state index in [0.717, 1.165) is 34.0 Å². The summed E-state index contributed by atoms with van der Waals surface area (Å²) in [6.45, 7) is 1.88. The van der Waals surface area contributed by atoms with Crippen molar-refractivity contribution in [2.24, 2.45) is 0 Å². The van der Waals surface area contributed by atoms with E-state index in [4.69, 9.17) is 4.74 Å². The number of carbonyl (C=O) groups is 2. The summed E-state index contributed by atoms with van der Waals surface area (Å²) in [6, 6.07) is 24.3. The average molecular weight is 587 g/mol. The van der Waals surface area contributed by atoms with Crippen LogP contribution in [0, 0.1) is 0 Å². The molecule has 7 nitrogen and oxygen atoms in total. The van der Waals surface area contributed by atoms with Crippen LogP contribution in [0.5, 0.6) is 0 Å². The Morgan fingerprint density at radius 2 is 1.72 bits per heavy atom. The van der Waals surface area contributed by atoms with Crippen LogP contribution >= 0.6 is 0 Å². The Labute approximate surface area is 246 Å². The van der Waals surface area contributed by atoms with Crippen molar-refractivity contribution in [3.05, 3.63) is 114 Å². The molecule has 220 valence electrons. The fraction of sp³-hybridized carbons (Fsp3) is 0.182. The van der Waals surface area contributed by atoms with E-state index in [1.54, 1.807) is 19.2 Å². The molecular formula is C33H29F3N4O3. The van der Waals surface area contributed by atoms with E-state index >= 15 is 0 Å². The molecule has 0 unspecified atom stereocenters. The molecule has 0 bridgehead atoms. The van der Waals surface area contributed by atoms with Crippen LogP contribution in [0.4, 0.5) is 30.2 Å². The molecule has 0 spiro atoms. The van der Waals surface area contributed by atoms with E-state index in [0.29, 0.717) is 29.8 Å². The molecule has 1 amide bonds. The van der Waals surface area contributed by atoms with Crippen molar-refractivity contribution in [2.45, 2.75) is 32.4 Å². The predicted octanol–water partition coefficient (Wildman–Crippen LogP) is 7.46.